The van der Waals surface area contributed by atoms with Gasteiger partial charge in [0.2, 0.25) is 0 Å². The average Bonchev–Trinajstić information content (AvgIpc) is 2.41. The molecule has 0 bridgehead atoms. The van der Waals surface area contributed by atoms with E-state index in [1.807, 2.05) is 0 Å². The van der Waals surface area contributed by atoms with E-state index in [4.69, 9.17) is 5.11 Å². The molecule has 2 N–H and O–H groups in total. The number of carboxylic acids is 1. The fourth-order valence-electron chi connectivity index (χ4n) is 2.19. The first-order chi connectivity index (χ1) is 9.06. The molecule has 1 saturated heterocycles. The Balaban J connectivity index is 1.94. The van der Waals surface area contributed by atoms with Crippen molar-refractivity contribution in [3.8, 4) is 0 Å². The lowest BCUT2D eigenvalue weighted by molar-refractivity contribution is 0.0696. The number of carbonyl (C=O) groups is 2. The smallest absolute Gasteiger partial charge is 0.335 e. The number of nitrogens with one attached hydrogen (secondary N) is 1. The third-order valence-electron chi connectivity index (χ3n) is 3.45. The molecule has 0 saturated carbocycles. The number of rotatable bonds is 3. The van der Waals surface area contributed by atoms with E-state index < -0.39 is 5.97 Å². The summed E-state index contributed by atoms with van der Waals surface area (Å²) in [5.41, 5.74) is 0.694. The molecule has 1 fully saturated rings. The average molecular weight is 262 g/mol. The molecule has 5 heteroatoms. The molecule has 1 aliphatic rings. The van der Waals surface area contributed by atoms with Gasteiger partial charge in [0.25, 0.3) is 5.91 Å². The first-order valence-electron chi connectivity index (χ1n) is 6.39. The number of nitrogens with zero attached hydrogens (tertiary/aromatic N) is 1. The predicted octanol–water partition coefficient (Wildman–Crippen LogP) is 1.21. The van der Waals surface area contributed by atoms with Crippen LogP contribution in [-0.4, -0.2) is 48.1 Å². The Labute approximate surface area is 112 Å². The Morgan fingerprint density at radius 3 is 2.21 bits per heavy atom. The molecule has 1 aromatic rings. The summed E-state index contributed by atoms with van der Waals surface area (Å²) in [6.07, 6.45) is 1.91. The number of likely N-dealkylation sites (tertiary alicyclic amines) is 1. The minimum atomic E-state index is -0.984. The number of hydrogen-bond acceptors (Lipinski definition) is 3. The quantitative estimate of drug-likeness (QED) is 0.859. The minimum Gasteiger partial charge on any atom is -0.478 e. The first-order valence-corrected chi connectivity index (χ1v) is 6.39. The SMILES string of the molecule is CN1CCC(NC(=O)c2ccc(C(=O)O)cc2)CC1. The highest BCUT2D eigenvalue weighted by Gasteiger charge is 2.19. The maximum absolute atomic E-state index is 12.0. The standard InChI is InChI=1S/C14H18N2O3/c1-16-8-6-12(7-9-16)15-13(17)10-2-4-11(5-3-10)14(18)19/h2-5,12H,6-9H2,1H3,(H,15,17)(H,18,19). The molecule has 0 spiro atoms. The van der Waals surface area contributed by atoms with Crippen LogP contribution in [0.15, 0.2) is 24.3 Å². The zero-order valence-corrected chi connectivity index (χ0v) is 10.9. The van der Waals surface area contributed by atoms with Crippen molar-refractivity contribution in [3.63, 3.8) is 0 Å². The molecule has 1 aromatic carbocycles. The van der Waals surface area contributed by atoms with Gasteiger partial charge in [0.15, 0.2) is 0 Å². The number of hydrogen-bond donors (Lipinski definition) is 2. The van der Waals surface area contributed by atoms with Crippen LogP contribution < -0.4 is 5.32 Å². The van der Waals surface area contributed by atoms with Gasteiger partial charge in [-0.3, -0.25) is 4.79 Å². The highest BCUT2D eigenvalue weighted by atomic mass is 16.4. The van der Waals surface area contributed by atoms with Gasteiger partial charge in [-0.25, -0.2) is 4.79 Å². The summed E-state index contributed by atoms with van der Waals surface area (Å²) in [5.74, 6) is -1.12. The van der Waals surface area contributed by atoms with E-state index in [1.54, 1.807) is 12.1 Å². The topological polar surface area (TPSA) is 69.6 Å². The lowest BCUT2D eigenvalue weighted by Gasteiger charge is -2.29. The minimum absolute atomic E-state index is 0.133. The number of amides is 1. The van der Waals surface area contributed by atoms with E-state index in [0.29, 0.717) is 5.56 Å². The van der Waals surface area contributed by atoms with Gasteiger partial charge in [-0.2, -0.15) is 0 Å². The van der Waals surface area contributed by atoms with Crippen LogP contribution in [-0.2, 0) is 0 Å². The van der Waals surface area contributed by atoms with Gasteiger partial charge in [-0.15, -0.1) is 0 Å². The Kier molecular flexibility index (Phi) is 4.16. The van der Waals surface area contributed by atoms with Gasteiger partial charge < -0.3 is 15.3 Å². The van der Waals surface area contributed by atoms with Crippen molar-refractivity contribution in [2.75, 3.05) is 20.1 Å². The molecule has 1 heterocycles. The summed E-state index contributed by atoms with van der Waals surface area (Å²) in [4.78, 5) is 25.0. The Morgan fingerprint density at radius 2 is 1.68 bits per heavy atom. The monoisotopic (exact) mass is 262 g/mol. The molecule has 0 atom stereocenters. The summed E-state index contributed by atoms with van der Waals surface area (Å²) in [6, 6.07) is 6.21. The largest absolute Gasteiger partial charge is 0.478 e. The third-order valence-corrected chi connectivity index (χ3v) is 3.45. The molecule has 1 amide bonds. The first kappa shape index (κ1) is 13.5. The van der Waals surface area contributed by atoms with Gasteiger partial charge in [-0.1, -0.05) is 0 Å². The molecule has 0 unspecified atom stereocenters. The lowest BCUT2D eigenvalue weighted by atomic mass is 10.0. The van der Waals surface area contributed by atoms with E-state index in [-0.39, 0.29) is 17.5 Å². The molecular weight excluding hydrogens is 244 g/mol. The number of benzene rings is 1. The van der Waals surface area contributed by atoms with Crippen LogP contribution in [0.3, 0.4) is 0 Å². The number of carbonyl (C=O) groups excluding carboxylic acids is 1. The van der Waals surface area contributed by atoms with Crippen molar-refractivity contribution >= 4 is 11.9 Å². The van der Waals surface area contributed by atoms with Crippen LogP contribution in [0.25, 0.3) is 0 Å². The van der Waals surface area contributed by atoms with Crippen molar-refractivity contribution in [2.45, 2.75) is 18.9 Å². The van der Waals surface area contributed by atoms with Gasteiger partial charge in [-0.05, 0) is 57.2 Å². The summed E-state index contributed by atoms with van der Waals surface area (Å²) in [5, 5.41) is 11.8. The van der Waals surface area contributed by atoms with E-state index in [0.717, 1.165) is 25.9 Å². The summed E-state index contributed by atoms with van der Waals surface area (Å²) >= 11 is 0. The summed E-state index contributed by atoms with van der Waals surface area (Å²) < 4.78 is 0. The van der Waals surface area contributed by atoms with Crippen molar-refractivity contribution < 1.29 is 14.7 Å². The number of piperidine rings is 1. The van der Waals surface area contributed by atoms with Crippen LogP contribution in [0.2, 0.25) is 0 Å². The van der Waals surface area contributed by atoms with Crippen LogP contribution in [0.5, 0.6) is 0 Å². The second-order valence-corrected chi connectivity index (χ2v) is 4.93. The van der Waals surface area contributed by atoms with Crippen LogP contribution in [0, 0.1) is 0 Å². The zero-order valence-electron chi connectivity index (χ0n) is 10.9. The molecule has 102 valence electrons. The fourth-order valence-corrected chi connectivity index (χ4v) is 2.19. The molecular formula is C14H18N2O3. The summed E-state index contributed by atoms with van der Waals surface area (Å²) in [7, 11) is 2.07. The van der Waals surface area contributed by atoms with Gasteiger partial charge in [0, 0.05) is 11.6 Å². The maximum atomic E-state index is 12.0. The van der Waals surface area contributed by atoms with E-state index in [9.17, 15) is 9.59 Å². The van der Waals surface area contributed by atoms with Crippen molar-refractivity contribution in [2.24, 2.45) is 0 Å². The molecule has 5 nitrogen and oxygen atoms in total. The van der Waals surface area contributed by atoms with Crippen LogP contribution in [0.1, 0.15) is 33.6 Å². The zero-order chi connectivity index (χ0) is 13.8. The molecule has 0 aliphatic carbocycles. The molecule has 19 heavy (non-hydrogen) atoms. The molecule has 1 aliphatic heterocycles. The third kappa shape index (κ3) is 3.54. The van der Waals surface area contributed by atoms with Crippen molar-refractivity contribution in [1.82, 2.24) is 10.2 Å². The normalized spacial score (nSPS) is 17.1. The molecule has 2 rings (SSSR count). The van der Waals surface area contributed by atoms with E-state index in [1.165, 1.54) is 12.1 Å². The van der Waals surface area contributed by atoms with Gasteiger partial charge in [0.1, 0.15) is 0 Å². The second-order valence-electron chi connectivity index (χ2n) is 4.93. The highest BCUT2D eigenvalue weighted by molar-refractivity contribution is 5.96. The Bertz CT molecular complexity index is 462. The number of aromatic carboxylic acids is 1. The second kappa shape index (κ2) is 5.84. The molecule has 0 aromatic heterocycles. The molecule has 0 radical (unpaired) electrons. The Morgan fingerprint density at radius 1 is 1.16 bits per heavy atom. The maximum Gasteiger partial charge on any atom is 0.335 e. The number of carboxylic acid groups (broad SMARTS) is 1. The fraction of sp³-hybridized carbons (Fsp3) is 0.429. The van der Waals surface area contributed by atoms with E-state index in [2.05, 4.69) is 17.3 Å². The van der Waals surface area contributed by atoms with E-state index >= 15 is 0 Å². The Hall–Kier alpha value is -1.88. The van der Waals surface area contributed by atoms with Crippen molar-refractivity contribution in [1.29, 1.82) is 0 Å². The predicted molar refractivity (Wildman–Crippen MR) is 71.4 cm³/mol. The van der Waals surface area contributed by atoms with Crippen LogP contribution in [0.4, 0.5) is 0 Å². The highest BCUT2D eigenvalue weighted by Crippen LogP contribution is 2.10. The van der Waals surface area contributed by atoms with Gasteiger partial charge >= 0.3 is 5.97 Å². The lowest BCUT2D eigenvalue weighted by Crippen LogP contribution is -2.43. The summed E-state index contributed by atoms with van der Waals surface area (Å²) in [6.45, 7) is 1.98. The van der Waals surface area contributed by atoms with Crippen molar-refractivity contribution in [3.05, 3.63) is 35.4 Å². The van der Waals surface area contributed by atoms with Crippen LogP contribution >= 0.6 is 0 Å². The van der Waals surface area contributed by atoms with Gasteiger partial charge in [0.05, 0.1) is 5.56 Å².